The molecule has 0 aromatic heterocycles. The summed E-state index contributed by atoms with van der Waals surface area (Å²) in [5.74, 6) is -2.15. The van der Waals surface area contributed by atoms with Crippen molar-refractivity contribution < 1.29 is 48.0 Å². The molecule has 2 bridgehead atoms. The van der Waals surface area contributed by atoms with E-state index in [1.807, 2.05) is 26.0 Å². The molecule has 356 valence electrons. The number of aliphatic hydroxyl groups excluding tert-OH is 1. The summed E-state index contributed by atoms with van der Waals surface area (Å²) in [6, 6.07) is 0. The Morgan fingerprint density at radius 1 is 1.05 bits per heavy atom. The van der Waals surface area contributed by atoms with Crippen molar-refractivity contribution in [1.82, 2.24) is 20.9 Å². The SMILES string of the molecule is [C-]#[N+]C(C)(CCC(=O)NCCC)CC(C)(CC(C)(CC(C)(SC(=S)SCCC)C(=O)NCC(C)O)C(=O)NCC(C)OC)C(=O)OCCN1C(=C)C2C3C=CC(COC)(O3)C2C1=O.[Hs]. The molecule has 19 heteroatoms. The van der Waals surface area contributed by atoms with Crippen molar-refractivity contribution in [2.45, 2.75) is 135 Å². The van der Waals surface area contributed by atoms with Gasteiger partial charge in [0.15, 0.2) is 0 Å². The number of carbonyl (C=O) groups excluding carboxylic acids is 5. The van der Waals surface area contributed by atoms with Crippen molar-refractivity contribution in [3.05, 3.63) is 35.8 Å². The number of rotatable bonds is 27. The minimum Gasteiger partial charge on any atom is -0.463 e. The quantitative estimate of drug-likeness (QED) is 0.0364. The van der Waals surface area contributed by atoms with Crippen LogP contribution in [0.1, 0.15) is 100 Å². The van der Waals surface area contributed by atoms with E-state index in [0.717, 1.165) is 30.4 Å². The number of hydrogen-bond donors (Lipinski definition) is 4. The largest absolute Gasteiger partial charge is 0.463 e. The maximum absolute atomic E-state index is 14.8. The molecule has 10 atom stereocenters. The molecular weight excluding hydrogens is 1140 g/mol. The van der Waals surface area contributed by atoms with E-state index < -0.39 is 56.5 Å². The van der Waals surface area contributed by atoms with E-state index in [2.05, 4.69) is 27.4 Å². The third kappa shape index (κ3) is 13.7. The minimum atomic E-state index is -1.56. The van der Waals surface area contributed by atoms with Gasteiger partial charge >= 0.3 is 5.97 Å². The standard InChI is InChI=1S/C45H71N5O10S3.Hs/c1-13-19-47-33(52)16-17-43(8,46-10)26-42(7,39(56)59-21-20-50-31(5)34-32-15-18-45(60-32,28-57-11)35(34)36(50)53)25-41(6,37(54)49-24-30(4)58-12)27-44(9,38(55)48-23-29(3)51)63-40(61)62-22-14-2;/h15,18,29-30,32,34-35,51H,5,13-14,16-17,19-28H2,1-4,6-9,11-12H3,(H,47,52)(H,48,55)(H,49,54);. The van der Waals surface area contributed by atoms with Gasteiger partial charge in [-0.05, 0) is 59.1 Å². The predicted molar refractivity (Wildman–Crippen MR) is 251 cm³/mol. The monoisotopic (exact) mass is 1210 g/mol. The van der Waals surface area contributed by atoms with Gasteiger partial charge in [-0.1, -0.05) is 63.5 Å². The summed E-state index contributed by atoms with van der Waals surface area (Å²) in [5, 5.41) is 18.7. The molecule has 0 aromatic carbocycles. The smallest absolute Gasteiger partial charge is 0.312 e. The van der Waals surface area contributed by atoms with Crippen LogP contribution in [0.2, 0.25) is 0 Å². The number of aliphatic hydroxyl groups is 1. The third-order valence-electron chi connectivity index (χ3n) is 12.1. The molecule has 2 fully saturated rings. The summed E-state index contributed by atoms with van der Waals surface area (Å²) in [5.41, 5.74) is -4.65. The first kappa shape index (κ1) is 56.1. The van der Waals surface area contributed by atoms with Crippen molar-refractivity contribution in [3.63, 3.8) is 0 Å². The summed E-state index contributed by atoms with van der Waals surface area (Å²) in [4.78, 5) is 76.0. The van der Waals surface area contributed by atoms with Crippen LogP contribution in [0, 0.1) is 29.2 Å². The molecule has 64 heavy (non-hydrogen) atoms. The number of ether oxygens (including phenoxy) is 4. The number of likely N-dealkylation sites (tertiary alicyclic amines) is 1. The molecule has 0 spiro atoms. The Labute approximate surface area is 388 Å². The van der Waals surface area contributed by atoms with E-state index >= 15 is 0 Å². The zero-order valence-electron chi connectivity index (χ0n) is 39.6. The van der Waals surface area contributed by atoms with Gasteiger partial charge in [-0.2, -0.15) is 0 Å². The van der Waals surface area contributed by atoms with E-state index in [1.165, 1.54) is 23.8 Å². The summed E-state index contributed by atoms with van der Waals surface area (Å²) >= 11 is 8.33. The van der Waals surface area contributed by atoms with Crippen molar-refractivity contribution in [2.75, 3.05) is 59.4 Å². The number of hydrogen-bond acceptors (Lipinski definition) is 13. The van der Waals surface area contributed by atoms with Crippen LogP contribution in [0.25, 0.3) is 4.85 Å². The Bertz CT molecular complexity index is 1770. The molecule has 15 nitrogen and oxygen atoms in total. The summed E-state index contributed by atoms with van der Waals surface area (Å²) in [6.07, 6.45) is 3.61. The van der Waals surface area contributed by atoms with Gasteiger partial charge < -0.3 is 49.7 Å². The molecule has 3 aliphatic rings. The Kier molecular flexibility index (Phi) is 21.0. The van der Waals surface area contributed by atoms with Crippen LogP contribution in [0.3, 0.4) is 0 Å². The average molecular weight is 1210 g/mol. The van der Waals surface area contributed by atoms with E-state index in [9.17, 15) is 29.1 Å². The first-order chi connectivity index (χ1) is 29.5. The first-order valence-corrected chi connectivity index (χ1v) is 24.0. The molecule has 3 aliphatic heterocycles. The van der Waals surface area contributed by atoms with Crippen LogP contribution in [0.5, 0.6) is 0 Å². The van der Waals surface area contributed by atoms with Crippen LogP contribution in [-0.4, -0.2) is 137 Å². The molecule has 3 rings (SSSR count). The van der Waals surface area contributed by atoms with Gasteiger partial charge in [0, 0.05) is 77.1 Å². The van der Waals surface area contributed by atoms with E-state index in [-0.39, 0.29) is 94.9 Å². The Balaban J connectivity index is 0.0000141. The van der Waals surface area contributed by atoms with Gasteiger partial charge in [0.25, 0.3) is 0 Å². The number of esters is 1. The summed E-state index contributed by atoms with van der Waals surface area (Å²) in [7, 11) is 3.08. The molecule has 4 amide bonds. The van der Waals surface area contributed by atoms with Crippen molar-refractivity contribution in [1.29, 1.82) is 0 Å². The molecule has 10 unspecified atom stereocenters. The number of thiocarbonyl (C=S) groups is 1. The topological polar surface area (TPSA) is 186 Å². The van der Waals surface area contributed by atoms with Crippen LogP contribution >= 0.6 is 35.7 Å². The molecule has 2 saturated heterocycles. The zero-order valence-corrected chi connectivity index (χ0v) is 48.6. The van der Waals surface area contributed by atoms with Gasteiger partial charge in [0.1, 0.15) is 15.7 Å². The molecule has 0 aromatic rings. The normalized spacial score (nSPS) is 24.4. The number of nitrogens with one attached hydrogen (secondary N) is 3. The second-order valence-corrected chi connectivity index (χ2v) is 22.1. The Morgan fingerprint density at radius 3 is 2.31 bits per heavy atom. The van der Waals surface area contributed by atoms with Gasteiger partial charge in [-0.25, -0.2) is 6.57 Å². The van der Waals surface area contributed by atoms with Crippen molar-refractivity contribution in [3.8, 4) is 0 Å². The Morgan fingerprint density at radius 2 is 1.72 bits per heavy atom. The fourth-order valence-electron chi connectivity index (χ4n) is 9.06. The van der Waals surface area contributed by atoms with Crippen LogP contribution in [0.4, 0.5) is 0 Å². The molecule has 3 heterocycles. The number of amides is 4. The van der Waals surface area contributed by atoms with Crippen LogP contribution < -0.4 is 16.0 Å². The van der Waals surface area contributed by atoms with Gasteiger partial charge in [-0.3, -0.25) is 24.0 Å². The molecule has 0 radical (unpaired) electrons. The first-order valence-electron chi connectivity index (χ1n) is 21.8. The van der Waals surface area contributed by atoms with Gasteiger partial charge in [-0.15, -0.1) is 11.8 Å². The zero-order chi connectivity index (χ0) is 47.4. The fourth-order valence-corrected chi connectivity index (χ4v) is 12.2. The van der Waals surface area contributed by atoms with Crippen molar-refractivity contribution in [2.24, 2.45) is 22.7 Å². The fraction of sp³-hybridized carbons (Fsp3) is 0.756. The second-order valence-electron chi connectivity index (χ2n) is 18.3. The number of fused-ring (bicyclic) bond motifs is 5. The number of thioether (sulfide) groups is 2. The molecule has 0 saturated carbocycles. The van der Waals surface area contributed by atoms with Crippen LogP contribution in [-0.2, 0) is 42.9 Å². The average Bonchev–Trinajstić information content (AvgIpc) is 3.87. The maximum Gasteiger partial charge on any atom is 0.312 e. The molecular formula is C45H71HsN5O10S3. The molecule has 0 aliphatic carbocycles. The van der Waals surface area contributed by atoms with Crippen molar-refractivity contribution >= 4 is 68.9 Å². The molecule has 4 N–H and O–H groups in total. The van der Waals surface area contributed by atoms with E-state index in [1.54, 1.807) is 48.7 Å². The third-order valence-corrected chi connectivity index (χ3v) is 15.1. The van der Waals surface area contributed by atoms with Crippen LogP contribution in [0.15, 0.2) is 24.4 Å². The van der Waals surface area contributed by atoms with Gasteiger partial charge in [0.2, 0.25) is 29.2 Å². The Hall–Kier alpha value is -4.05. The maximum atomic E-state index is 14.8. The number of nitrogens with zero attached hydrogens (tertiary/aromatic N) is 2. The number of methoxy groups -OCH3 is 2. The van der Waals surface area contributed by atoms with Gasteiger partial charge in [0.05, 0.1) is 47.5 Å². The minimum absolute atomic E-state index is 0. The number of carbonyl (C=O) groups is 5. The summed E-state index contributed by atoms with van der Waals surface area (Å²) < 4.78 is 22.3. The van der Waals surface area contributed by atoms with E-state index in [4.69, 9.17) is 37.7 Å². The second kappa shape index (κ2) is 23.9. The predicted octanol–water partition coefficient (Wildman–Crippen LogP) is 5.21. The summed E-state index contributed by atoms with van der Waals surface area (Å²) in [6.45, 7) is 27.2. The van der Waals surface area contributed by atoms with E-state index in [0.29, 0.717) is 15.8 Å².